The second kappa shape index (κ2) is 7.04. The monoisotopic (exact) mass is 371 g/mol. The molecular formula is C15H18FN3O3S2. The third kappa shape index (κ3) is 3.52. The van der Waals surface area contributed by atoms with Crippen LogP contribution in [0.3, 0.4) is 0 Å². The quantitative estimate of drug-likeness (QED) is 0.843. The smallest absolute Gasteiger partial charge is 0.244 e. The summed E-state index contributed by atoms with van der Waals surface area (Å²) in [7, 11) is -2.51. The number of benzene rings is 1. The fraction of sp³-hybridized carbons (Fsp3) is 0.400. The first-order valence-corrected chi connectivity index (χ1v) is 9.87. The zero-order valence-corrected chi connectivity index (χ0v) is 14.7. The van der Waals surface area contributed by atoms with E-state index in [1.165, 1.54) is 30.6 Å². The van der Waals surface area contributed by atoms with Crippen LogP contribution in [0.2, 0.25) is 0 Å². The lowest BCUT2D eigenvalue weighted by atomic mass is 10.2. The SMILES string of the molecule is COc1ccc(F)cc1S(=O)(=O)NC[C@H]1CCCN1c1nccs1. The minimum Gasteiger partial charge on any atom is -0.495 e. The minimum absolute atomic E-state index is 0.0329. The predicted molar refractivity (Wildman–Crippen MR) is 90.6 cm³/mol. The van der Waals surface area contributed by atoms with E-state index in [9.17, 15) is 12.8 Å². The Morgan fingerprint density at radius 2 is 2.33 bits per heavy atom. The van der Waals surface area contributed by atoms with Gasteiger partial charge in [-0.25, -0.2) is 22.5 Å². The van der Waals surface area contributed by atoms with Crippen LogP contribution in [-0.2, 0) is 10.0 Å². The van der Waals surface area contributed by atoms with Crippen LogP contribution >= 0.6 is 11.3 Å². The topological polar surface area (TPSA) is 71.5 Å². The van der Waals surface area contributed by atoms with Gasteiger partial charge in [0.2, 0.25) is 10.0 Å². The molecule has 1 aliphatic heterocycles. The number of anilines is 1. The number of sulfonamides is 1. The minimum atomic E-state index is -3.86. The van der Waals surface area contributed by atoms with Crippen LogP contribution in [0, 0.1) is 5.82 Å². The largest absolute Gasteiger partial charge is 0.495 e. The highest BCUT2D eigenvalue weighted by molar-refractivity contribution is 7.89. The van der Waals surface area contributed by atoms with Crippen molar-refractivity contribution in [3.05, 3.63) is 35.6 Å². The van der Waals surface area contributed by atoms with Crippen LogP contribution < -0.4 is 14.4 Å². The Morgan fingerprint density at radius 1 is 1.50 bits per heavy atom. The molecule has 130 valence electrons. The third-order valence-electron chi connectivity index (χ3n) is 3.97. The lowest BCUT2D eigenvalue weighted by Crippen LogP contribution is -2.40. The molecule has 1 aromatic heterocycles. The van der Waals surface area contributed by atoms with Crippen molar-refractivity contribution in [1.82, 2.24) is 9.71 Å². The van der Waals surface area contributed by atoms with Crippen LogP contribution in [-0.4, -0.2) is 39.6 Å². The van der Waals surface area contributed by atoms with Gasteiger partial charge in [-0.3, -0.25) is 0 Å². The van der Waals surface area contributed by atoms with Crippen molar-refractivity contribution in [2.45, 2.75) is 23.8 Å². The standard InChI is InChI=1S/C15H18FN3O3S2/c1-22-13-5-4-11(16)9-14(13)24(20,21)18-10-12-3-2-7-19(12)15-17-6-8-23-15/h4-6,8-9,12,18H,2-3,7,10H2,1H3/t12-/m1/s1. The Balaban J connectivity index is 1.75. The molecule has 1 atom stereocenters. The van der Waals surface area contributed by atoms with Gasteiger partial charge in [0.15, 0.2) is 5.13 Å². The van der Waals surface area contributed by atoms with Crippen molar-refractivity contribution in [1.29, 1.82) is 0 Å². The second-order valence-electron chi connectivity index (χ2n) is 5.45. The maximum atomic E-state index is 13.4. The molecule has 0 radical (unpaired) electrons. The molecule has 6 nitrogen and oxygen atoms in total. The molecule has 24 heavy (non-hydrogen) atoms. The van der Waals surface area contributed by atoms with E-state index in [1.807, 2.05) is 5.38 Å². The Morgan fingerprint density at radius 3 is 3.04 bits per heavy atom. The van der Waals surface area contributed by atoms with Gasteiger partial charge in [0.1, 0.15) is 16.5 Å². The summed E-state index contributed by atoms with van der Waals surface area (Å²) in [5, 5.41) is 2.78. The molecule has 0 aliphatic carbocycles. The number of rotatable bonds is 6. The number of thiazole rings is 1. The van der Waals surface area contributed by atoms with Gasteiger partial charge in [0, 0.05) is 30.7 Å². The van der Waals surface area contributed by atoms with Crippen LogP contribution in [0.4, 0.5) is 9.52 Å². The lowest BCUT2D eigenvalue weighted by Gasteiger charge is -2.24. The lowest BCUT2D eigenvalue weighted by molar-refractivity contribution is 0.400. The summed E-state index contributed by atoms with van der Waals surface area (Å²) in [5.74, 6) is -0.506. The molecule has 0 spiro atoms. The van der Waals surface area contributed by atoms with Crippen molar-refractivity contribution in [2.24, 2.45) is 0 Å². The van der Waals surface area contributed by atoms with Crippen molar-refractivity contribution >= 4 is 26.5 Å². The molecule has 2 heterocycles. The molecule has 1 aromatic carbocycles. The van der Waals surface area contributed by atoms with Crippen molar-refractivity contribution in [3.8, 4) is 5.75 Å². The zero-order valence-electron chi connectivity index (χ0n) is 13.1. The molecule has 1 aliphatic rings. The highest BCUT2D eigenvalue weighted by Crippen LogP contribution is 2.28. The maximum absolute atomic E-state index is 13.4. The molecule has 1 N–H and O–H groups in total. The average molecular weight is 371 g/mol. The Kier molecular flexibility index (Phi) is 5.02. The Labute approximate surface area is 144 Å². The number of nitrogens with one attached hydrogen (secondary N) is 1. The third-order valence-corrected chi connectivity index (χ3v) is 6.22. The van der Waals surface area contributed by atoms with Crippen molar-refractivity contribution in [2.75, 3.05) is 25.1 Å². The zero-order chi connectivity index (χ0) is 17.2. The summed E-state index contributed by atoms with van der Waals surface area (Å²) >= 11 is 1.53. The van der Waals surface area contributed by atoms with Gasteiger partial charge in [-0.15, -0.1) is 11.3 Å². The van der Waals surface area contributed by atoms with Crippen LogP contribution in [0.5, 0.6) is 5.75 Å². The van der Waals surface area contributed by atoms with Gasteiger partial charge in [-0.2, -0.15) is 0 Å². The van der Waals surface area contributed by atoms with Gasteiger partial charge in [0.25, 0.3) is 0 Å². The summed E-state index contributed by atoms with van der Waals surface area (Å²) in [6, 6.07) is 3.47. The van der Waals surface area contributed by atoms with E-state index in [2.05, 4.69) is 14.6 Å². The summed E-state index contributed by atoms with van der Waals surface area (Å²) < 4.78 is 46.1. The summed E-state index contributed by atoms with van der Waals surface area (Å²) in [4.78, 5) is 6.20. The summed E-state index contributed by atoms with van der Waals surface area (Å²) in [6.45, 7) is 1.09. The molecule has 0 saturated carbocycles. The number of methoxy groups -OCH3 is 1. The Hall–Kier alpha value is -1.71. The number of ether oxygens (including phenoxy) is 1. The van der Waals surface area contributed by atoms with Gasteiger partial charge in [-0.1, -0.05) is 0 Å². The molecule has 9 heteroatoms. The molecule has 0 unspecified atom stereocenters. The van der Waals surface area contributed by atoms with E-state index in [0.29, 0.717) is 0 Å². The molecule has 1 saturated heterocycles. The maximum Gasteiger partial charge on any atom is 0.244 e. The number of hydrogen-bond donors (Lipinski definition) is 1. The molecule has 0 bridgehead atoms. The van der Waals surface area contributed by atoms with Gasteiger partial charge in [0.05, 0.1) is 7.11 Å². The summed E-state index contributed by atoms with van der Waals surface area (Å²) in [5.41, 5.74) is 0. The first-order chi connectivity index (χ1) is 11.5. The van der Waals surface area contributed by atoms with E-state index in [1.54, 1.807) is 6.20 Å². The Bertz CT molecular complexity index is 796. The van der Waals surface area contributed by atoms with Crippen molar-refractivity contribution in [3.63, 3.8) is 0 Å². The normalized spacial score (nSPS) is 18.1. The van der Waals surface area contributed by atoms with E-state index >= 15 is 0 Å². The average Bonchev–Trinajstić information content (AvgIpc) is 3.24. The van der Waals surface area contributed by atoms with Crippen LogP contribution in [0.1, 0.15) is 12.8 Å². The van der Waals surface area contributed by atoms with E-state index in [0.717, 1.165) is 30.6 Å². The number of aromatic nitrogens is 1. The second-order valence-corrected chi connectivity index (χ2v) is 8.06. The molecule has 3 rings (SSSR count). The van der Waals surface area contributed by atoms with Crippen molar-refractivity contribution < 1.29 is 17.5 Å². The number of halogens is 1. The highest BCUT2D eigenvalue weighted by Gasteiger charge is 2.29. The van der Waals surface area contributed by atoms with E-state index < -0.39 is 15.8 Å². The van der Waals surface area contributed by atoms with Gasteiger partial charge in [-0.05, 0) is 31.0 Å². The molecular weight excluding hydrogens is 353 g/mol. The molecule has 1 fully saturated rings. The van der Waals surface area contributed by atoms with Crippen LogP contribution in [0.15, 0.2) is 34.7 Å². The van der Waals surface area contributed by atoms with E-state index in [-0.39, 0.29) is 23.2 Å². The van der Waals surface area contributed by atoms with Crippen LogP contribution in [0.25, 0.3) is 0 Å². The fourth-order valence-corrected chi connectivity index (χ4v) is 4.79. The van der Waals surface area contributed by atoms with Gasteiger partial charge < -0.3 is 9.64 Å². The first kappa shape index (κ1) is 17.1. The summed E-state index contributed by atoms with van der Waals surface area (Å²) in [6.07, 6.45) is 3.59. The first-order valence-electron chi connectivity index (χ1n) is 7.50. The highest BCUT2D eigenvalue weighted by atomic mass is 32.2. The number of hydrogen-bond acceptors (Lipinski definition) is 6. The molecule has 0 amide bonds. The fourth-order valence-electron chi connectivity index (χ4n) is 2.80. The molecule has 2 aromatic rings. The van der Waals surface area contributed by atoms with Gasteiger partial charge >= 0.3 is 0 Å². The predicted octanol–water partition coefficient (Wildman–Crippen LogP) is 2.24. The van der Waals surface area contributed by atoms with E-state index in [4.69, 9.17) is 4.74 Å². The number of nitrogens with zero attached hydrogens (tertiary/aromatic N) is 2.